The molecule has 0 atom stereocenters. The Morgan fingerprint density at radius 1 is 0.810 bits per heavy atom. The van der Waals surface area contributed by atoms with Crippen LogP contribution in [0.15, 0.2) is 89.7 Å². The lowest BCUT2D eigenvalue weighted by Gasteiger charge is -1.97. The van der Waals surface area contributed by atoms with Gasteiger partial charge in [-0.3, -0.25) is 0 Å². The van der Waals surface area contributed by atoms with E-state index in [0.717, 1.165) is 22.2 Å². The van der Waals surface area contributed by atoms with Gasteiger partial charge in [0, 0.05) is 24.0 Å². The first-order valence-corrected chi connectivity index (χ1v) is 6.88. The van der Waals surface area contributed by atoms with Gasteiger partial charge in [-0.15, -0.1) is 0 Å². The zero-order chi connectivity index (χ0) is 14.3. The van der Waals surface area contributed by atoms with Gasteiger partial charge in [-0.1, -0.05) is 42.5 Å². The number of hydrogen-bond acceptors (Lipinski definition) is 1. The van der Waals surface area contributed by atoms with Crippen molar-refractivity contribution < 1.29 is 4.42 Å². The zero-order valence-electron chi connectivity index (χ0n) is 11.6. The molecule has 1 aromatic heterocycles. The predicted octanol–water partition coefficient (Wildman–Crippen LogP) is 5.35. The Kier molecular flexibility index (Phi) is 4.08. The van der Waals surface area contributed by atoms with E-state index in [4.69, 9.17) is 4.42 Å². The van der Waals surface area contributed by atoms with Crippen LogP contribution in [-0.4, -0.2) is 0 Å². The van der Waals surface area contributed by atoms with Gasteiger partial charge >= 0.3 is 11.8 Å². The van der Waals surface area contributed by atoms with E-state index < -0.39 is 0 Å². The molecule has 0 radical (unpaired) electrons. The molecule has 102 valence electrons. The van der Waals surface area contributed by atoms with Gasteiger partial charge in [-0.05, 0) is 29.8 Å². The molecule has 3 aromatic rings. The third kappa shape index (κ3) is 3.37. The van der Waals surface area contributed by atoms with E-state index in [1.807, 2.05) is 72.9 Å². The molecule has 2 nitrogen and oxygen atoms in total. The normalized spacial score (nSPS) is 11.4. The Bertz CT molecular complexity index is 770. The summed E-state index contributed by atoms with van der Waals surface area (Å²) in [7, 11) is 0. The molecule has 0 bridgehead atoms. The lowest BCUT2D eigenvalue weighted by molar-refractivity contribution is 0.603. The van der Waals surface area contributed by atoms with Crippen LogP contribution in [0.4, 0.5) is 5.69 Å². The average molecular weight is 274 g/mol. The topological polar surface area (TPSA) is 23.3 Å². The van der Waals surface area contributed by atoms with E-state index in [1.54, 1.807) is 6.26 Å². The highest BCUT2D eigenvalue weighted by Crippen LogP contribution is 2.19. The van der Waals surface area contributed by atoms with Crippen molar-refractivity contribution >= 4 is 22.7 Å². The van der Waals surface area contributed by atoms with Crippen molar-refractivity contribution in [3.63, 3.8) is 0 Å². The minimum absolute atomic E-state index is 0.894. The van der Waals surface area contributed by atoms with E-state index in [2.05, 4.69) is 17.5 Å². The number of allylic oxidation sites excluding steroid dienone is 2. The lowest BCUT2D eigenvalue weighted by Crippen LogP contribution is -1.84. The fraction of sp³-hybridized carbons (Fsp3) is 0. The highest BCUT2D eigenvalue weighted by atomic mass is 16.3. The molecule has 0 fully saturated rings. The third-order valence-corrected chi connectivity index (χ3v) is 3.15. The number of benzene rings is 2. The van der Waals surface area contributed by atoms with Gasteiger partial charge in [-0.25, -0.2) is 4.42 Å². The van der Waals surface area contributed by atoms with Crippen LogP contribution in [0, 0.1) is 0 Å². The maximum atomic E-state index is 5.47. The van der Waals surface area contributed by atoms with Crippen LogP contribution in [-0.2, 0) is 0 Å². The van der Waals surface area contributed by atoms with E-state index in [1.165, 1.54) is 0 Å². The number of anilines is 1. The van der Waals surface area contributed by atoms with Crippen molar-refractivity contribution in [3.8, 4) is 0 Å². The SMILES string of the molecule is C(/C=C/c1cc[o+]c2ccccc12)=C\Nc1ccccc1. The van der Waals surface area contributed by atoms with Crippen LogP contribution in [0.3, 0.4) is 0 Å². The molecule has 0 amide bonds. The van der Waals surface area contributed by atoms with Gasteiger partial charge in [0.25, 0.3) is 0 Å². The second kappa shape index (κ2) is 6.53. The molecule has 3 rings (SSSR count). The standard InChI is InChI=1S/C19H16NO/c1-2-9-17(10-3-1)20-14-7-6-8-16-13-15-21-19-12-5-4-11-18(16)19/h1-15,20H/q+1/b8-6+,14-7+. The van der Waals surface area contributed by atoms with Crippen LogP contribution in [0.25, 0.3) is 17.0 Å². The molecule has 0 saturated heterocycles. The van der Waals surface area contributed by atoms with Gasteiger partial charge in [0.2, 0.25) is 0 Å². The van der Waals surface area contributed by atoms with Crippen molar-refractivity contribution in [2.75, 3.05) is 5.32 Å². The molecule has 1 N–H and O–H groups in total. The van der Waals surface area contributed by atoms with E-state index in [9.17, 15) is 0 Å². The monoisotopic (exact) mass is 274 g/mol. The second-order valence-corrected chi connectivity index (χ2v) is 4.60. The molecule has 2 aromatic carbocycles. The molecule has 0 aliphatic carbocycles. The largest absolute Gasteiger partial charge is 0.362 e. The summed E-state index contributed by atoms with van der Waals surface area (Å²) < 4.78 is 5.47. The summed E-state index contributed by atoms with van der Waals surface area (Å²) >= 11 is 0. The Labute approximate surface area is 124 Å². The van der Waals surface area contributed by atoms with Crippen LogP contribution in [0.2, 0.25) is 0 Å². The van der Waals surface area contributed by atoms with Gasteiger partial charge in [-0.2, -0.15) is 0 Å². The molecule has 0 spiro atoms. The van der Waals surface area contributed by atoms with Crippen LogP contribution < -0.4 is 5.32 Å². The minimum Gasteiger partial charge on any atom is -0.362 e. The number of rotatable bonds is 4. The van der Waals surface area contributed by atoms with Gasteiger partial charge in [0.15, 0.2) is 0 Å². The van der Waals surface area contributed by atoms with E-state index >= 15 is 0 Å². The Balaban J connectivity index is 1.71. The first-order chi connectivity index (χ1) is 10.4. The number of fused-ring (bicyclic) bond motifs is 1. The van der Waals surface area contributed by atoms with Gasteiger partial charge in [0.1, 0.15) is 0 Å². The summed E-state index contributed by atoms with van der Waals surface area (Å²) in [6.45, 7) is 0. The van der Waals surface area contributed by atoms with Crippen molar-refractivity contribution in [2.24, 2.45) is 0 Å². The van der Waals surface area contributed by atoms with Crippen molar-refractivity contribution in [2.45, 2.75) is 0 Å². The lowest BCUT2D eigenvalue weighted by atomic mass is 10.1. The number of hydrogen-bond donors (Lipinski definition) is 1. The summed E-state index contributed by atoms with van der Waals surface area (Å²) in [5.74, 6) is 0. The van der Waals surface area contributed by atoms with Crippen molar-refractivity contribution in [1.82, 2.24) is 0 Å². The molecule has 0 aliphatic heterocycles. The summed E-state index contributed by atoms with van der Waals surface area (Å²) in [4.78, 5) is 0. The predicted molar refractivity (Wildman–Crippen MR) is 88.9 cm³/mol. The summed E-state index contributed by atoms with van der Waals surface area (Å²) in [6, 6.07) is 20.1. The van der Waals surface area contributed by atoms with Crippen molar-refractivity contribution in [3.05, 3.63) is 90.8 Å². The summed E-state index contributed by atoms with van der Waals surface area (Å²) in [6.07, 6.45) is 9.69. The van der Waals surface area contributed by atoms with Crippen LogP contribution in [0.5, 0.6) is 0 Å². The number of para-hydroxylation sites is 2. The van der Waals surface area contributed by atoms with Gasteiger partial charge < -0.3 is 5.32 Å². The highest BCUT2D eigenvalue weighted by molar-refractivity contribution is 5.86. The average Bonchev–Trinajstić information content (AvgIpc) is 2.56. The highest BCUT2D eigenvalue weighted by Gasteiger charge is 2.06. The second-order valence-electron chi connectivity index (χ2n) is 4.60. The molecule has 2 heteroatoms. The van der Waals surface area contributed by atoms with Crippen LogP contribution >= 0.6 is 0 Å². The Hall–Kier alpha value is -2.87. The zero-order valence-corrected chi connectivity index (χ0v) is 11.6. The fourth-order valence-electron chi connectivity index (χ4n) is 2.12. The first-order valence-electron chi connectivity index (χ1n) is 6.88. The van der Waals surface area contributed by atoms with Gasteiger partial charge in [0.05, 0.1) is 5.39 Å². The van der Waals surface area contributed by atoms with E-state index in [-0.39, 0.29) is 0 Å². The molecule has 21 heavy (non-hydrogen) atoms. The third-order valence-electron chi connectivity index (χ3n) is 3.15. The molecule has 0 unspecified atom stereocenters. The Morgan fingerprint density at radius 3 is 2.52 bits per heavy atom. The fourth-order valence-corrected chi connectivity index (χ4v) is 2.12. The molecule has 0 aliphatic rings. The molecular formula is C19H16NO+. The summed E-state index contributed by atoms with van der Waals surface area (Å²) in [5, 5.41) is 4.33. The minimum atomic E-state index is 0.894. The quantitative estimate of drug-likeness (QED) is 0.512. The maximum absolute atomic E-state index is 5.47. The molecule has 1 heterocycles. The smallest absolute Gasteiger partial charge is 0.360 e. The Morgan fingerprint density at radius 2 is 1.62 bits per heavy atom. The van der Waals surface area contributed by atoms with Crippen molar-refractivity contribution in [1.29, 1.82) is 0 Å². The van der Waals surface area contributed by atoms with Crippen LogP contribution in [0.1, 0.15) is 5.56 Å². The number of nitrogens with one attached hydrogen (secondary N) is 1. The first kappa shape index (κ1) is 13.1. The maximum Gasteiger partial charge on any atom is 0.360 e. The molecule has 0 saturated carbocycles. The molecular weight excluding hydrogens is 258 g/mol. The van der Waals surface area contributed by atoms with E-state index in [0.29, 0.717) is 0 Å². The summed E-state index contributed by atoms with van der Waals surface area (Å²) in [5.41, 5.74) is 3.11.